The lowest BCUT2D eigenvalue weighted by Crippen LogP contribution is -2.41. The molecular weight excluding hydrogens is 408 g/mol. The fraction of sp³-hybridized carbons (Fsp3) is 0.375. The van der Waals surface area contributed by atoms with E-state index < -0.39 is 0 Å². The molecule has 0 aromatic heterocycles. The molecule has 0 bridgehead atoms. The lowest BCUT2D eigenvalue weighted by molar-refractivity contribution is -0.123. The number of piperidine rings is 1. The summed E-state index contributed by atoms with van der Waals surface area (Å²) in [5, 5.41) is 3.42. The number of ether oxygens (including phenoxy) is 1. The molecule has 0 aliphatic carbocycles. The maximum atomic E-state index is 12.8. The highest BCUT2D eigenvalue weighted by Gasteiger charge is 2.36. The van der Waals surface area contributed by atoms with Gasteiger partial charge in [-0.25, -0.2) is 0 Å². The highest BCUT2D eigenvalue weighted by atomic mass is 16.5. The minimum absolute atomic E-state index is 0.0266. The van der Waals surface area contributed by atoms with Gasteiger partial charge in [0.25, 0.3) is 11.8 Å². The topological polar surface area (TPSA) is 105 Å². The van der Waals surface area contributed by atoms with Gasteiger partial charge < -0.3 is 25.6 Å². The number of nitrogens with one attached hydrogen (secondary N) is 1. The van der Waals surface area contributed by atoms with Crippen molar-refractivity contribution < 1.29 is 19.1 Å². The Morgan fingerprint density at radius 2 is 1.78 bits per heavy atom. The van der Waals surface area contributed by atoms with Crippen molar-refractivity contribution in [1.82, 2.24) is 9.80 Å². The molecule has 0 saturated carbocycles. The molecule has 2 aromatic carbocycles. The van der Waals surface area contributed by atoms with Crippen molar-refractivity contribution in [3.05, 3.63) is 65.2 Å². The first kappa shape index (κ1) is 21.8. The number of fused-ring (bicyclic) bond motifs is 1. The number of primary amides is 1. The Labute approximate surface area is 187 Å². The van der Waals surface area contributed by atoms with Crippen molar-refractivity contribution in [2.45, 2.75) is 19.0 Å². The van der Waals surface area contributed by atoms with E-state index >= 15 is 0 Å². The number of benzene rings is 2. The lowest BCUT2D eigenvalue weighted by Gasteiger charge is -2.30. The molecule has 0 spiro atoms. The zero-order chi connectivity index (χ0) is 22.7. The van der Waals surface area contributed by atoms with Crippen molar-refractivity contribution in [1.29, 1.82) is 0 Å². The van der Waals surface area contributed by atoms with Gasteiger partial charge in [-0.2, -0.15) is 0 Å². The van der Waals surface area contributed by atoms with Crippen LogP contribution in [0.3, 0.4) is 0 Å². The molecule has 4 rings (SSSR count). The minimum atomic E-state index is -0.303. The Kier molecular flexibility index (Phi) is 6.41. The summed E-state index contributed by atoms with van der Waals surface area (Å²) in [7, 11) is 1.61. The van der Waals surface area contributed by atoms with Gasteiger partial charge in [0.15, 0.2) is 0 Å². The molecule has 8 nitrogen and oxygen atoms in total. The van der Waals surface area contributed by atoms with E-state index in [0.717, 1.165) is 11.3 Å². The number of carbonyl (C=O) groups is 3. The van der Waals surface area contributed by atoms with E-state index in [0.29, 0.717) is 50.2 Å². The first-order valence-corrected chi connectivity index (χ1v) is 10.8. The number of carbonyl (C=O) groups excluding carboxylic acids is 3. The summed E-state index contributed by atoms with van der Waals surface area (Å²) in [5.74, 6) is -0.522. The van der Waals surface area contributed by atoms with E-state index in [1.54, 1.807) is 29.0 Å². The highest BCUT2D eigenvalue weighted by molar-refractivity contribution is 5.99. The summed E-state index contributed by atoms with van der Waals surface area (Å²) in [6.45, 7) is 1.97. The van der Waals surface area contributed by atoms with Crippen LogP contribution in [0.25, 0.3) is 0 Å². The maximum absolute atomic E-state index is 12.8. The van der Waals surface area contributed by atoms with Gasteiger partial charge in [0.1, 0.15) is 6.17 Å². The molecule has 3 N–H and O–H groups in total. The van der Waals surface area contributed by atoms with Crippen LogP contribution < -0.4 is 11.1 Å². The van der Waals surface area contributed by atoms with Crippen LogP contribution in [0.15, 0.2) is 48.5 Å². The number of hydrogen-bond donors (Lipinski definition) is 2. The number of nitrogens with two attached hydrogens (primary N) is 1. The quantitative estimate of drug-likeness (QED) is 0.693. The Morgan fingerprint density at radius 1 is 1.09 bits per heavy atom. The summed E-state index contributed by atoms with van der Waals surface area (Å²) >= 11 is 0. The summed E-state index contributed by atoms with van der Waals surface area (Å²) in [6.07, 6.45) is 0.906. The van der Waals surface area contributed by atoms with Crippen LogP contribution in [0.5, 0.6) is 0 Å². The molecule has 2 heterocycles. The normalized spacial score (nSPS) is 18.5. The van der Waals surface area contributed by atoms with Crippen molar-refractivity contribution in [2.75, 3.05) is 38.7 Å². The molecule has 2 aliphatic rings. The number of likely N-dealkylation sites (tertiary alicyclic amines) is 1. The molecule has 0 radical (unpaired) electrons. The van der Waals surface area contributed by atoms with E-state index in [1.807, 2.05) is 36.4 Å². The van der Waals surface area contributed by atoms with Crippen LogP contribution in [-0.2, 0) is 9.53 Å². The molecule has 2 aliphatic heterocycles. The SMILES string of the molecule is COCCN1C(=O)c2ccccc2C1Nc1ccc(C(=O)N2CCC(C(N)=O)CC2)cc1. The van der Waals surface area contributed by atoms with E-state index in [2.05, 4.69) is 5.32 Å². The number of nitrogens with zero attached hydrogens (tertiary/aromatic N) is 2. The van der Waals surface area contributed by atoms with Gasteiger partial charge >= 0.3 is 0 Å². The monoisotopic (exact) mass is 436 g/mol. The average Bonchev–Trinajstić information content (AvgIpc) is 3.08. The first-order chi connectivity index (χ1) is 15.5. The standard InChI is InChI=1S/C24H28N4O4/c1-32-15-14-28-22(19-4-2-3-5-20(19)24(28)31)26-18-8-6-17(7-9-18)23(30)27-12-10-16(11-13-27)21(25)29/h2-9,16,22,26H,10-15H2,1H3,(H2,25,29). The smallest absolute Gasteiger partial charge is 0.256 e. The van der Waals surface area contributed by atoms with Crippen molar-refractivity contribution >= 4 is 23.4 Å². The molecule has 168 valence electrons. The fourth-order valence-corrected chi connectivity index (χ4v) is 4.36. The Bertz CT molecular complexity index is 999. The lowest BCUT2D eigenvalue weighted by atomic mass is 9.96. The number of amides is 3. The number of anilines is 1. The summed E-state index contributed by atoms with van der Waals surface area (Å²) in [6, 6.07) is 14.8. The molecule has 3 amide bonds. The molecule has 1 saturated heterocycles. The van der Waals surface area contributed by atoms with Gasteiger partial charge in [0.05, 0.1) is 6.61 Å². The molecule has 2 aromatic rings. The second-order valence-electron chi connectivity index (χ2n) is 8.17. The van der Waals surface area contributed by atoms with Gasteiger partial charge in [0, 0.05) is 55.0 Å². The number of hydrogen-bond acceptors (Lipinski definition) is 5. The zero-order valence-corrected chi connectivity index (χ0v) is 18.1. The van der Waals surface area contributed by atoms with Gasteiger partial charge in [-0.1, -0.05) is 18.2 Å². The predicted octanol–water partition coefficient (Wildman–Crippen LogP) is 2.24. The predicted molar refractivity (Wildman–Crippen MR) is 120 cm³/mol. The molecule has 1 atom stereocenters. The van der Waals surface area contributed by atoms with E-state index in [4.69, 9.17) is 10.5 Å². The largest absolute Gasteiger partial charge is 0.383 e. The zero-order valence-electron chi connectivity index (χ0n) is 18.1. The third kappa shape index (κ3) is 4.31. The average molecular weight is 437 g/mol. The van der Waals surface area contributed by atoms with Crippen molar-refractivity contribution in [2.24, 2.45) is 11.7 Å². The first-order valence-electron chi connectivity index (χ1n) is 10.8. The van der Waals surface area contributed by atoms with Crippen LogP contribution in [0, 0.1) is 5.92 Å². The second-order valence-corrected chi connectivity index (χ2v) is 8.17. The van der Waals surface area contributed by atoms with Gasteiger partial charge in [0.2, 0.25) is 5.91 Å². The third-order valence-electron chi connectivity index (χ3n) is 6.21. The fourth-order valence-electron chi connectivity index (χ4n) is 4.36. The van der Waals surface area contributed by atoms with Crippen LogP contribution in [-0.4, -0.2) is 60.9 Å². The van der Waals surface area contributed by atoms with Crippen LogP contribution in [0.1, 0.15) is 45.3 Å². The van der Waals surface area contributed by atoms with Crippen LogP contribution >= 0.6 is 0 Å². The minimum Gasteiger partial charge on any atom is -0.383 e. The molecular formula is C24H28N4O4. The molecule has 1 unspecified atom stereocenters. The van der Waals surface area contributed by atoms with Crippen molar-refractivity contribution in [3.63, 3.8) is 0 Å². The van der Waals surface area contributed by atoms with Gasteiger partial charge in [-0.05, 0) is 43.2 Å². The Hall–Kier alpha value is -3.39. The number of rotatable bonds is 7. The second kappa shape index (κ2) is 9.40. The Morgan fingerprint density at radius 3 is 2.44 bits per heavy atom. The van der Waals surface area contributed by atoms with E-state index in [-0.39, 0.29) is 29.8 Å². The van der Waals surface area contributed by atoms with E-state index in [1.165, 1.54) is 0 Å². The van der Waals surface area contributed by atoms with Crippen molar-refractivity contribution in [3.8, 4) is 0 Å². The van der Waals surface area contributed by atoms with E-state index in [9.17, 15) is 14.4 Å². The summed E-state index contributed by atoms with van der Waals surface area (Å²) < 4.78 is 5.18. The van der Waals surface area contributed by atoms with Gasteiger partial charge in [-0.15, -0.1) is 0 Å². The molecule has 32 heavy (non-hydrogen) atoms. The molecule has 1 fully saturated rings. The number of methoxy groups -OCH3 is 1. The molecule has 8 heteroatoms. The summed E-state index contributed by atoms with van der Waals surface area (Å²) in [5.41, 5.74) is 8.39. The highest BCUT2D eigenvalue weighted by Crippen LogP contribution is 2.34. The summed E-state index contributed by atoms with van der Waals surface area (Å²) in [4.78, 5) is 40.5. The van der Waals surface area contributed by atoms with Crippen LogP contribution in [0.2, 0.25) is 0 Å². The van der Waals surface area contributed by atoms with Crippen LogP contribution in [0.4, 0.5) is 5.69 Å². The third-order valence-corrected chi connectivity index (χ3v) is 6.21. The maximum Gasteiger partial charge on any atom is 0.256 e. The van der Waals surface area contributed by atoms with Gasteiger partial charge in [-0.3, -0.25) is 14.4 Å². The Balaban J connectivity index is 1.45.